The molecule has 3 rings (SSSR count). The van der Waals surface area contributed by atoms with E-state index in [0.717, 1.165) is 11.3 Å². The lowest BCUT2D eigenvalue weighted by Gasteiger charge is -2.16. The Morgan fingerprint density at radius 2 is 2.04 bits per heavy atom. The summed E-state index contributed by atoms with van der Waals surface area (Å²) in [7, 11) is 0. The number of ether oxygens (including phenoxy) is 1. The van der Waals surface area contributed by atoms with Gasteiger partial charge in [-0.05, 0) is 29.8 Å². The van der Waals surface area contributed by atoms with Gasteiger partial charge in [-0.15, -0.1) is 22.5 Å². The summed E-state index contributed by atoms with van der Waals surface area (Å²) < 4.78 is 8.16. The summed E-state index contributed by atoms with van der Waals surface area (Å²) in [5.74, 6) is 3.49. The van der Waals surface area contributed by atoms with E-state index < -0.39 is 5.41 Å². The van der Waals surface area contributed by atoms with Crippen LogP contribution in [0.2, 0.25) is 0 Å². The van der Waals surface area contributed by atoms with Crippen LogP contribution in [0.25, 0.3) is 5.78 Å². The number of aromatic nitrogens is 5. The molecule has 3 aromatic rings. The molecule has 0 saturated heterocycles. The second-order valence-electron chi connectivity index (χ2n) is 6.91. The highest BCUT2D eigenvalue weighted by Crippen LogP contribution is 2.16. The first-order valence-corrected chi connectivity index (χ1v) is 8.44. The maximum absolute atomic E-state index is 12.8. The fourth-order valence-electron chi connectivity index (χ4n) is 2.35. The molecule has 0 saturated carbocycles. The zero-order valence-corrected chi connectivity index (χ0v) is 15.5. The standard InChI is InChI=1S/C19H20N6O2/c1-5-6-11-27-15-9-7-14(8-10-15)12-21-25-17(26)16(19(2,3)4)23-24-13-20-22-18(24)25/h1,7-10,12-13H,6,11H2,2-4H3. The Morgan fingerprint density at radius 1 is 1.30 bits per heavy atom. The average molecular weight is 364 g/mol. The average Bonchev–Trinajstić information content (AvgIpc) is 3.09. The van der Waals surface area contributed by atoms with Gasteiger partial charge in [-0.25, -0.2) is 0 Å². The predicted molar refractivity (Wildman–Crippen MR) is 102 cm³/mol. The van der Waals surface area contributed by atoms with Crippen molar-refractivity contribution in [3.8, 4) is 18.1 Å². The molecule has 0 fully saturated rings. The van der Waals surface area contributed by atoms with Crippen LogP contribution in [-0.2, 0) is 5.41 Å². The molecule has 0 aliphatic rings. The minimum Gasteiger partial charge on any atom is -0.493 e. The first kappa shape index (κ1) is 18.3. The van der Waals surface area contributed by atoms with Crippen LogP contribution in [0, 0.1) is 12.3 Å². The maximum Gasteiger partial charge on any atom is 0.298 e. The number of hydrogen-bond donors (Lipinski definition) is 0. The molecule has 0 unspecified atom stereocenters. The SMILES string of the molecule is C#CCCOc1ccc(C=Nn2c(=O)c(C(C)(C)C)nn3cnnc23)cc1. The third-order valence-corrected chi connectivity index (χ3v) is 3.73. The molecule has 0 amide bonds. The number of nitrogens with zero attached hydrogens (tertiary/aromatic N) is 6. The van der Waals surface area contributed by atoms with Crippen LogP contribution in [0.3, 0.4) is 0 Å². The van der Waals surface area contributed by atoms with Gasteiger partial charge in [0.25, 0.3) is 11.3 Å². The number of hydrogen-bond acceptors (Lipinski definition) is 6. The lowest BCUT2D eigenvalue weighted by atomic mass is 9.93. The topological polar surface area (TPSA) is 86.7 Å². The molecule has 138 valence electrons. The van der Waals surface area contributed by atoms with Gasteiger partial charge in [-0.2, -0.15) is 19.4 Å². The van der Waals surface area contributed by atoms with Crippen molar-refractivity contribution in [2.45, 2.75) is 32.6 Å². The van der Waals surface area contributed by atoms with E-state index in [1.807, 2.05) is 45.0 Å². The Hall–Kier alpha value is -3.47. The summed E-state index contributed by atoms with van der Waals surface area (Å²) in [4.78, 5) is 12.8. The molecule has 0 spiro atoms. The molecule has 8 nitrogen and oxygen atoms in total. The summed E-state index contributed by atoms with van der Waals surface area (Å²) in [6.07, 6.45) is 8.78. The monoisotopic (exact) mass is 364 g/mol. The van der Waals surface area contributed by atoms with E-state index in [2.05, 4.69) is 26.3 Å². The highest BCUT2D eigenvalue weighted by atomic mass is 16.5. The highest BCUT2D eigenvalue weighted by molar-refractivity contribution is 5.79. The fraction of sp³-hybridized carbons (Fsp3) is 0.316. The molecule has 2 heterocycles. The Kier molecular flexibility index (Phi) is 5.03. The summed E-state index contributed by atoms with van der Waals surface area (Å²) >= 11 is 0. The van der Waals surface area contributed by atoms with Gasteiger partial charge in [0.2, 0.25) is 0 Å². The zero-order valence-electron chi connectivity index (χ0n) is 15.5. The zero-order chi connectivity index (χ0) is 19.4. The van der Waals surface area contributed by atoms with Gasteiger partial charge in [-0.1, -0.05) is 20.8 Å². The summed E-state index contributed by atoms with van der Waals surface area (Å²) in [5.41, 5.74) is 0.417. The second kappa shape index (κ2) is 7.41. The van der Waals surface area contributed by atoms with E-state index in [9.17, 15) is 4.79 Å². The molecule has 0 aliphatic carbocycles. The van der Waals surface area contributed by atoms with Gasteiger partial charge in [0.1, 0.15) is 17.8 Å². The van der Waals surface area contributed by atoms with Crippen LogP contribution < -0.4 is 10.3 Å². The quantitative estimate of drug-likeness (QED) is 0.392. The van der Waals surface area contributed by atoms with Crippen molar-refractivity contribution in [3.63, 3.8) is 0 Å². The molecular formula is C19H20N6O2. The smallest absolute Gasteiger partial charge is 0.298 e. The molecule has 0 radical (unpaired) electrons. The minimum atomic E-state index is -0.440. The van der Waals surface area contributed by atoms with E-state index in [-0.39, 0.29) is 11.3 Å². The van der Waals surface area contributed by atoms with E-state index in [0.29, 0.717) is 18.7 Å². The van der Waals surface area contributed by atoms with Crippen molar-refractivity contribution < 1.29 is 4.74 Å². The van der Waals surface area contributed by atoms with Crippen LogP contribution in [0.4, 0.5) is 0 Å². The largest absolute Gasteiger partial charge is 0.493 e. The fourth-order valence-corrected chi connectivity index (χ4v) is 2.35. The number of benzene rings is 1. The van der Waals surface area contributed by atoms with Crippen LogP contribution in [0.1, 0.15) is 38.4 Å². The van der Waals surface area contributed by atoms with Gasteiger partial charge in [-0.3, -0.25) is 4.79 Å². The van der Waals surface area contributed by atoms with E-state index in [4.69, 9.17) is 11.2 Å². The number of terminal acetylenes is 1. The molecule has 0 N–H and O–H groups in total. The van der Waals surface area contributed by atoms with Crippen molar-refractivity contribution >= 4 is 12.0 Å². The third-order valence-electron chi connectivity index (χ3n) is 3.73. The molecule has 8 heteroatoms. The molecule has 0 atom stereocenters. The van der Waals surface area contributed by atoms with Crippen molar-refractivity contribution in [1.82, 2.24) is 24.5 Å². The van der Waals surface area contributed by atoms with E-state index in [1.54, 1.807) is 6.21 Å². The lowest BCUT2D eigenvalue weighted by Crippen LogP contribution is -2.33. The van der Waals surface area contributed by atoms with Crippen molar-refractivity contribution in [2.75, 3.05) is 6.61 Å². The van der Waals surface area contributed by atoms with Gasteiger partial charge in [0.05, 0.1) is 12.8 Å². The summed E-state index contributed by atoms with van der Waals surface area (Å²) in [6, 6.07) is 7.32. The minimum absolute atomic E-state index is 0.249. The first-order chi connectivity index (χ1) is 12.9. The van der Waals surface area contributed by atoms with Crippen LogP contribution in [0.15, 0.2) is 40.5 Å². The Morgan fingerprint density at radius 3 is 2.70 bits per heavy atom. The summed E-state index contributed by atoms with van der Waals surface area (Å²) in [6.45, 7) is 6.22. The van der Waals surface area contributed by atoms with Gasteiger partial charge in [0.15, 0.2) is 0 Å². The van der Waals surface area contributed by atoms with Crippen molar-refractivity contribution in [1.29, 1.82) is 0 Å². The highest BCUT2D eigenvalue weighted by Gasteiger charge is 2.23. The normalized spacial score (nSPS) is 11.8. The van der Waals surface area contributed by atoms with Crippen LogP contribution >= 0.6 is 0 Å². The van der Waals surface area contributed by atoms with Crippen molar-refractivity contribution in [2.24, 2.45) is 5.10 Å². The molecule has 2 aromatic heterocycles. The van der Waals surface area contributed by atoms with Gasteiger partial charge >= 0.3 is 0 Å². The predicted octanol–water partition coefficient (Wildman–Crippen LogP) is 1.87. The molecule has 0 aliphatic heterocycles. The Bertz CT molecular complexity index is 1060. The van der Waals surface area contributed by atoms with Crippen LogP contribution in [0.5, 0.6) is 5.75 Å². The lowest BCUT2D eigenvalue weighted by molar-refractivity contribution is 0.327. The molecule has 27 heavy (non-hydrogen) atoms. The number of fused-ring (bicyclic) bond motifs is 1. The third kappa shape index (κ3) is 4.03. The maximum atomic E-state index is 12.8. The summed E-state index contributed by atoms with van der Waals surface area (Å²) in [5, 5.41) is 16.4. The first-order valence-electron chi connectivity index (χ1n) is 8.44. The Balaban J connectivity index is 1.92. The second-order valence-corrected chi connectivity index (χ2v) is 6.91. The molecular weight excluding hydrogens is 344 g/mol. The number of rotatable bonds is 5. The molecule has 0 bridgehead atoms. The van der Waals surface area contributed by atoms with Crippen LogP contribution in [-0.4, -0.2) is 37.3 Å². The Labute approximate surface area is 156 Å². The van der Waals surface area contributed by atoms with Gasteiger partial charge < -0.3 is 4.74 Å². The van der Waals surface area contributed by atoms with E-state index >= 15 is 0 Å². The molecule has 1 aromatic carbocycles. The van der Waals surface area contributed by atoms with E-state index in [1.165, 1.54) is 15.5 Å². The van der Waals surface area contributed by atoms with Crippen molar-refractivity contribution in [3.05, 3.63) is 52.2 Å². The van der Waals surface area contributed by atoms with Gasteiger partial charge in [0, 0.05) is 11.8 Å².